The number of aliphatic hydroxyl groups excluding tert-OH is 1. The van der Waals surface area contributed by atoms with Crippen LogP contribution in [0.15, 0.2) is 0 Å². The topological polar surface area (TPSA) is 98.7 Å². The molecule has 0 aliphatic rings. The second-order valence-corrected chi connectivity index (χ2v) is 4.05. The molecule has 0 heterocycles. The molecule has 0 saturated carbocycles. The molecule has 6 nitrogen and oxygen atoms in total. The Bertz CT molecular complexity index is 243. The average molecular weight is 232 g/mol. The number of amides is 2. The lowest BCUT2D eigenvalue weighted by atomic mass is 10.1. The maximum atomic E-state index is 11.4. The Balaban J connectivity index is 4.14. The summed E-state index contributed by atoms with van der Waals surface area (Å²) in [6.45, 7) is 5.46. The quantitative estimate of drug-likeness (QED) is 0.524. The van der Waals surface area contributed by atoms with Gasteiger partial charge in [0.05, 0.1) is 0 Å². The standard InChI is InChI=1S/C10H20N2O4/c1-6(2)7(3)11-10(16)12-8(4-5-13)9(14)15/h6-8,13H,4-5H2,1-3H3,(H,14,15)(H2,11,12,16)/t7?,8-/m0/s1. The van der Waals surface area contributed by atoms with Gasteiger partial charge in [-0.3, -0.25) is 0 Å². The van der Waals surface area contributed by atoms with Crippen LogP contribution in [0.3, 0.4) is 0 Å². The number of carbonyl (C=O) groups excluding carboxylic acids is 1. The molecule has 6 heteroatoms. The Morgan fingerprint density at radius 2 is 1.75 bits per heavy atom. The molecule has 0 spiro atoms. The second kappa shape index (κ2) is 7.05. The van der Waals surface area contributed by atoms with Crippen LogP contribution in [0.25, 0.3) is 0 Å². The molecular weight excluding hydrogens is 212 g/mol. The summed E-state index contributed by atoms with van der Waals surface area (Å²) in [7, 11) is 0. The van der Waals surface area contributed by atoms with Crippen molar-refractivity contribution >= 4 is 12.0 Å². The molecule has 2 atom stereocenters. The molecule has 0 saturated heterocycles. The van der Waals surface area contributed by atoms with E-state index in [0.29, 0.717) is 0 Å². The Hall–Kier alpha value is -1.30. The first-order chi connectivity index (χ1) is 7.38. The monoisotopic (exact) mass is 232 g/mol. The smallest absolute Gasteiger partial charge is 0.326 e. The van der Waals surface area contributed by atoms with E-state index in [9.17, 15) is 9.59 Å². The van der Waals surface area contributed by atoms with Crippen LogP contribution in [0.5, 0.6) is 0 Å². The van der Waals surface area contributed by atoms with Crippen molar-refractivity contribution in [2.24, 2.45) is 5.92 Å². The van der Waals surface area contributed by atoms with E-state index in [4.69, 9.17) is 10.2 Å². The van der Waals surface area contributed by atoms with Crippen molar-refractivity contribution in [3.63, 3.8) is 0 Å². The molecule has 0 bridgehead atoms. The maximum absolute atomic E-state index is 11.4. The fraction of sp³-hybridized carbons (Fsp3) is 0.800. The largest absolute Gasteiger partial charge is 0.480 e. The zero-order chi connectivity index (χ0) is 12.7. The van der Waals surface area contributed by atoms with Crippen molar-refractivity contribution in [2.75, 3.05) is 6.61 Å². The fourth-order valence-corrected chi connectivity index (χ4v) is 0.960. The van der Waals surface area contributed by atoms with Gasteiger partial charge < -0.3 is 20.8 Å². The number of hydrogen-bond acceptors (Lipinski definition) is 3. The van der Waals surface area contributed by atoms with E-state index in [0.717, 1.165) is 0 Å². The normalized spacial score (nSPS) is 14.3. The van der Waals surface area contributed by atoms with Gasteiger partial charge in [-0.05, 0) is 12.8 Å². The van der Waals surface area contributed by atoms with E-state index in [2.05, 4.69) is 10.6 Å². The first-order valence-corrected chi connectivity index (χ1v) is 5.29. The van der Waals surface area contributed by atoms with Crippen LogP contribution in [0, 0.1) is 5.92 Å². The lowest BCUT2D eigenvalue weighted by Gasteiger charge is -2.20. The minimum absolute atomic E-state index is 0.00118. The van der Waals surface area contributed by atoms with E-state index in [1.165, 1.54) is 0 Å². The Kier molecular flexibility index (Phi) is 6.48. The van der Waals surface area contributed by atoms with E-state index in [1.807, 2.05) is 20.8 Å². The zero-order valence-corrected chi connectivity index (χ0v) is 9.86. The third-order valence-corrected chi connectivity index (χ3v) is 2.38. The third kappa shape index (κ3) is 5.55. The van der Waals surface area contributed by atoms with E-state index < -0.39 is 18.0 Å². The van der Waals surface area contributed by atoms with Gasteiger partial charge in [0.2, 0.25) is 0 Å². The summed E-state index contributed by atoms with van der Waals surface area (Å²) >= 11 is 0. The molecule has 0 fully saturated rings. The van der Waals surface area contributed by atoms with Gasteiger partial charge >= 0.3 is 12.0 Å². The zero-order valence-electron chi connectivity index (χ0n) is 9.86. The van der Waals surface area contributed by atoms with Gasteiger partial charge in [-0.25, -0.2) is 9.59 Å². The van der Waals surface area contributed by atoms with Gasteiger partial charge in [-0.15, -0.1) is 0 Å². The number of carboxylic acids is 1. The number of hydrogen-bond donors (Lipinski definition) is 4. The first-order valence-electron chi connectivity index (χ1n) is 5.29. The van der Waals surface area contributed by atoms with Crippen LogP contribution in [0.4, 0.5) is 4.79 Å². The Morgan fingerprint density at radius 1 is 1.19 bits per heavy atom. The number of carbonyl (C=O) groups is 2. The molecular formula is C10H20N2O4. The van der Waals surface area contributed by atoms with Gasteiger partial charge in [0.25, 0.3) is 0 Å². The van der Waals surface area contributed by atoms with Gasteiger partial charge in [0.15, 0.2) is 0 Å². The van der Waals surface area contributed by atoms with Crippen LogP contribution in [0.2, 0.25) is 0 Å². The number of carboxylic acid groups (broad SMARTS) is 1. The van der Waals surface area contributed by atoms with Crippen molar-refractivity contribution in [1.29, 1.82) is 0 Å². The first kappa shape index (κ1) is 14.7. The van der Waals surface area contributed by atoms with E-state index in [-0.39, 0.29) is 25.0 Å². The van der Waals surface area contributed by atoms with Crippen LogP contribution in [0.1, 0.15) is 27.2 Å². The number of aliphatic hydroxyl groups is 1. The van der Waals surface area contributed by atoms with Crippen molar-refractivity contribution < 1.29 is 19.8 Å². The predicted octanol–water partition coefficient (Wildman–Crippen LogP) is 0.166. The molecule has 1 unspecified atom stereocenters. The van der Waals surface area contributed by atoms with Gasteiger partial charge in [-0.1, -0.05) is 13.8 Å². The highest BCUT2D eigenvalue weighted by Crippen LogP contribution is 1.99. The lowest BCUT2D eigenvalue weighted by Crippen LogP contribution is -2.49. The summed E-state index contributed by atoms with van der Waals surface area (Å²) in [6, 6.07) is -1.62. The molecule has 0 aromatic carbocycles. The molecule has 0 radical (unpaired) electrons. The van der Waals surface area contributed by atoms with Gasteiger partial charge in [0, 0.05) is 19.1 Å². The highest BCUT2D eigenvalue weighted by molar-refractivity contribution is 5.82. The molecule has 0 aromatic heterocycles. The lowest BCUT2D eigenvalue weighted by molar-refractivity contribution is -0.139. The minimum Gasteiger partial charge on any atom is -0.480 e. The maximum Gasteiger partial charge on any atom is 0.326 e. The molecule has 0 aromatic rings. The van der Waals surface area contributed by atoms with Crippen LogP contribution in [-0.2, 0) is 4.79 Å². The number of rotatable bonds is 6. The molecule has 2 amide bonds. The van der Waals surface area contributed by atoms with Crippen LogP contribution >= 0.6 is 0 Å². The molecule has 0 aliphatic heterocycles. The van der Waals surface area contributed by atoms with Crippen molar-refractivity contribution in [3.05, 3.63) is 0 Å². The summed E-state index contributed by atoms with van der Waals surface area (Å²) in [5, 5.41) is 22.3. The van der Waals surface area contributed by atoms with Crippen molar-refractivity contribution in [2.45, 2.75) is 39.3 Å². The third-order valence-electron chi connectivity index (χ3n) is 2.38. The number of aliphatic carboxylic acids is 1. The molecule has 0 aliphatic carbocycles. The Morgan fingerprint density at radius 3 is 2.12 bits per heavy atom. The number of nitrogens with one attached hydrogen (secondary N) is 2. The summed E-state index contributed by atoms with van der Waals surface area (Å²) in [5.41, 5.74) is 0. The average Bonchev–Trinajstić information content (AvgIpc) is 2.16. The SMILES string of the molecule is CC(C)C(C)NC(=O)N[C@@H](CCO)C(=O)O. The van der Waals surface area contributed by atoms with Crippen molar-refractivity contribution in [3.8, 4) is 0 Å². The van der Waals surface area contributed by atoms with Gasteiger partial charge in [-0.2, -0.15) is 0 Å². The van der Waals surface area contributed by atoms with Gasteiger partial charge in [0.1, 0.15) is 6.04 Å². The molecule has 4 N–H and O–H groups in total. The summed E-state index contributed by atoms with van der Waals surface area (Å²) < 4.78 is 0. The summed E-state index contributed by atoms with van der Waals surface area (Å²) in [5.74, 6) is -0.881. The second-order valence-electron chi connectivity index (χ2n) is 4.05. The van der Waals surface area contributed by atoms with E-state index in [1.54, 1.807) is 0 Å². The highest BCUT2D eigenvalue weighted by atomic mass is 16.4. The summed E-state index contributed by atoms with van der Waals surface area (Å²) in [6.07, 6.45) is -0.00118. The molecule has 0 rings (SSSR count). The molecule has 16 heavy (non-hydrogen) atoms. The van der Waals surface area contributed by atoms with Crippen LogP contribution < -0.4 is 10.6 Å². The minimum atomic E-state index is -1.15. The van der Waals surface area contributed by atoms with E-state index >= 15 is 0 Å². The predicted molar refractivity (Wildman–Crippen MR) is 59.1 cm³/mol. The number of urea groups is 1. The highest BCUT2D eigenvalue weighted by Gasteiger charge is 2.20. The summed E-state index contributed by atoms with van der Waals surface area (Å²) in [4.78, 5) is 22.1. The fourth-order valence-electron chi connectivity index (χ4n) is 0.960. The van der Waals surface area contributed by atoms with Crippen molar-refractivity contribution in [1.82, 2.24) is 10.6 Å². The molecule has 94 valence electrons. The Labute approximate surface area is 95.0 Å². The van der Waals surface area contributed by atoms with Crippen LogP contribution in [-0.4, -0.2) is 40.9 Å².